The van der Waals surface area contributed by atoms with Crippen LogP contribution >= 0.6 is 0 Å². The van der Waals surface area contributed by atoms with Crippen molar-refractivity contribution in [1.29, 1.82) is 0 Å². The number of anilines is 1. The normalized spacial score (nSPS) is 11.4. The van der Waals surface area contributed by atoms with Crippen LogP contribution in [0.5, 0.6) is 11.5 Å². The molecule has 0 saturated heterocycles. The maximum Gasteiger partial charge on any atom is 0.422 e. The van der Waals surface area contributed by atoms with E-state index in [2.05, 4.69) is 0 Å². The number of furan rings is 1. The van der Waals surface area contributed by atoms with Crippen LogP contribution in [0.2, 0.25) is 0 Å². The molecule has 0 bridgehead atoms. The lowest BCUT2D eigenvalue weighted by Gasteiger charge is -2.14. The summed E-state index contributed by atoms with van der Waals surface area (Å²) in [6, 6.07) is 8.84. The molecule has 0 aliphatic carbocycles. The number of rotatable bonds is 6. The second-order valence-electron chi connectivity index (χ2n) is 6.19. The van der Waals surface area contributed by atoms with E-state index in [9.17, 15) is 35.5 Å². The Hall–Kier alpha value is -3.70. The van der Waals surface area contributed by atoms with Gasteiger partial charge in [0, 0.05) is 6.07 Å². The average Bonchev–Trinajstić information content (AvgIpc) is 3.22. The minimum Gasteiger partial charge on any atom is -0.497 e. The molecule has 0 unspecified atom stereocenters. The van der Waals surface area contributed by atoms with Crippen LogP contribution in [0, 0.1) is 23.3 Å². The van der Waals surface area contributed by atoms with Gasteiger partial charge in [-0.1, -0.05) is 6.07 Å². The highest BCUT2D eigenvalue weighted by molar-refractivity contribution is 6.02. The Morgan fingerprint density at radius 2 is 1.59 bits per heavy atom. The standard InChI is InChI=1S/C20H12F7NO4/c1-30-9-3-2-4-10(7-9)31-8-11-5-6-12(32-11)19(29)28-18-16(23)14(21)13(20(25,26)27)15(22)17(18)24/h2-7H,8H2,1H3,(H,28,29). The first-order chi connectivity index (χ1) is 15.0. The molecule has 0 aliphatic rings. The smallest absolute Gasteiger partial charge is 0.422 e. The lowest BCUT2D eigenvalue weighted by atomic mass is 10.1. The van der Waals surface area contributed by atoms with Crippen molar-refractivity contribution in [2.24, 2.45) is 0 Å². The van der Waals surface area contributed by atoms with Gasteiger partial charge in [-0.15, -0.1) is 0 Å². The Morgan fingerprint density at radius 3 is 2.19 bits per heavy atom. The number of methoxy groups -OCH3 is 1. The molecule has 1 aromatic heterocycles. The fourth-order valence-electron chi connectivity index (χ4n) is 2.59. The van der Waals surface area contributed by atoms with E-state index in [0.29, 0.717) is 11.5 Å². The molecule has 5 nitrogen and oxygen atoms in total. The summed E-state index contributed by atoms with van der Waals surface area (Å²) in [5.74, 6) is -11.1. The van der Waals surface area contributed by atoms with Crippen LogP contribution in [0.25, 0.3) is 0 Å². The molecule has 1 heterocycles. The number of amides is 1. The fraction of sp³-hybridized carbons (Fsp3) is 0.150. The van der Waals surface area contributed by atoms with E-state index in [0.717, 1.165) is 6.07 Å². The second kappa shape index (κ2) is 8.81. The van der Waals surface area contributed by atoms with Crippen molar-refractivity contribution >= 4 is 11.6 Å². The van der Waals surface area contributed by atoms with Crippen molar-refractivity contribution in [2.75, 3.05) is 12.4 Å². The van der Waals surface area contributed by atoms with E-state index >= 15 is 0 Å². The average molecular weight is 463 g/mol. The Bertz CT molecular complexity index is 1130. The number of nitrogens with one attached hydrogen (secondary N) is 1. The molecule has 1 amide bonds. The largest absolute Gasteiger partial charge is 0.497 e. The maximum absolute atomic E-state index is 13.9. The molecule has 12 heteroatoms. The third kappa shape index (κ3) is 4.63. The van der Waals surface area contributed by atoms with Gasteiger partial charge in [-0.25, -0.2) is 17.6 Å². The molecule has 2 aromatic carbocycles. The minimum atomic E-state index is -5.70. The number of carbonyl (C=O) groups excluding carboxylic acids is 1. The topological polar surface area (TPSA) is 60.7 Å². The van der Waals surface area contributed by atoms with E-state index in [1.807, 2.05) is 0 Å². The summed E-state index contributed by atoms with van der Waals surface area (Å²) in [5, 5.41) is 1.47. The molecular formula is C20H12F7NO4. The third-order valence-corrected chi connectivity index (χ3v) is 4.09. The van der Waals surface area contributed by atoms with Crippen LogP contribution in [0.4, 0.5) is 36.4 Å². The molecule has 0 fully saturated rings. The first-order valence-corrected chi connectivity index (χ1v) is 8.63. The van der Waals surface area contributed by atoms with Crippen molar-refractivity contribution in [3.63, 3.8) is 0 Å². The second-order valence-corrected chi connectivity index (χ2v) is 6.19. The summed E-state index contributed by atoms with van der Waals surface area (Å²) >= 11 is 0. The molecule has 0 atom stereocenters. The van der Waals surface area contributed by atoms with Crippen molar-refractivity contribution in [3.8, 4) is 11.5 Å². The third-order valence-electron chi connectivity index (χ3n) is 4.09. The number of alkyl halides is 3. The van der Waals surface area contributed by atoms with Crippen LogP contribution in [0.3, 0.4) is 0 Å². The number of halogens is 7. The van der Waals surface area contributed by atoms with Crippen LogP contribution in [0.15, 0.2) is 40.8 Å². The predicted molar refractivity (Wildman–Crippen MR) is 95.3 cm³/mol. The molecule has 1 N–H and O–H groups in total. The van der Waals surface area contributed by atoms with E-state index < -0.39 is 52.4 Å². The van der Waals surface area contributed by atoms with Gasteiger partial charge >= 0.3 is 6.18 Å². The number of ether oxygens (including phenoxy) is 2. The number of hydrogen-bond donors (Lipinski definition) is 1. The minimum absolute atomic E-state index is 0.0868. The zero-order valence-corrected chi connectivity index (χ0v) is 15.9. The van der Waals surface area contributed by atoms with Gasteiger partial charge in [-0.3, -0.25) is 4.79 Å². The Kier molecular flexibility index (Phi) is 6.32. The number of hydrogen-bond acceptors (Lipinski definition) is 4. The molecule has 3 rings (SSSR count). The van der Waals surface area contributed by atoms with Crippen molar-refractivity contribution in [3.05, 3.63) is 76.8 Å². The van der Waals surface area contributed by atoms with Crippen molar-refractivity contribution in [1.82, 2.24) is 0 Å². The molecule has 0 aliphatic heterocycles. The summed E-state index contributed by atoms with van der Waals surface area (Å²) in [7, 11) is 1.45. The van der Waals surface area contributed by atoms with E-state index in [-0.39, 0.29) is 12.4 Å². The van der Waals surface area contributed by atoms with Gasteiger partial charge < -0.3 is 19.2 Å². The summed E-state index contributed by atoms with van der Waals surface area (Å²) in [4.78, 5) is 12.1. The predicted octanol–water partition coefficient (Wildman–Crippen LogP) is 5.69. The highest BCUT2D eigenvalue weighted by Gasteiger charge is 2.42. The number of benzene rings is 2. The van der Waals surface area contributed by atoms with Gasteiger partial charge in [0.2, 0.25) is 0 Å². The summed E-state index contributed by atoms with van der Waals surface area (Å²) in [5.41, 5.74) is -4.48. The van der Waals surface area contributed by atoms with Gasteiger partial charge in [0.25, 0.3) is 5.91 Å². The fourth-order valence-corrected chi connectivity index (χ4v) is 2.59. The van der Waals surface area contributed by atoms with Crippen LogP contribution in [-0.2, 0) is 12.8 Å². The molecule has 3 aromatic rings. The quantitative estimate of drug-likeness (QED) is 0.377. The van der Waals surface area contributed by atoms with Gasteiger partial charge in [0.15, 0.2) is 29.0 Å². The molecule has 32 heavy (non-hydrogen) atoms. The SMILES string of the molecule is COc1cccc(OCc2ccc(C(=O)Nc3c(F)c(F)c(C(F)(F)F)c(F)c3F)o2)c1. The van der Waals surface area contributed by atoms with Gasteiger partial charge in [-0.2, -0.15) is 13.2 Å². The summed E-state index contributed by atoms with van der Waals surface area (Å²) in [6.45, 7) is -0.174. The molecule has 170 valence electrons. The van der Waals surface area contributed by atoms with Gasteiger partial charge in [-0.05, 0) is 24.3 Å². The zero-order valence-electron chi connectivity index (χ0n) is 15.9. The summed E-state index contributed by atoms with van der Waals surface area (Å²) in [6.07, 6.45) is -5.70. The highest BCUT2D eigenvalue weighted by Crippen LogP contribution is 2.38. The lowest BCUT2D eigenvalue weighted by Crippen LogP contribution is -2.20. The van der Waals surface area contributed by atoms with E-state index in [1.165, 1.54) is 18.5 Å². The maximum atomic E-state index is 13.9. The van der Waals surface area contributed by atoms with Gasteiger partial charge in [0.05, 0.1) is 7.11 Å². The molecule has 0 radical (unpaired) electrons. The number of carbonyl (C=O) groups is 1. The Morgan fingerprint density at radius 1 is 0.969 bits per heavy atom. The highest BCUT2D eigenvalue weighted by atomic mass is 19.4. The van der Waals surface area contributed by atoms with Crippen molar-refractivity contribution < 1.29 is 49.4 Å². The van der Waals surface area contributed by atoms with E-state index in [1.54, 1.807) is 24.3 Å². The molecule has 0 spiro atoms. The first kappa shape index (κ1) is 23.0. The Labute approximate surface area is 175 Å². The lowest BCUT2D eigenvalue weighted by molar-refractivity contribution is -0.143. The van der Waals surface area contributed by atoms with Crippen LogP contribution < -0.4 is 14.8 Å². The first-order valence-electron chi connectivity index (χ1n) is 8.63. The van der Waals surface area contributed by atoms with Gasteiger partial charge in [0.1, 0.15) is 35.1 Å². The molecule has 0 saturated carbocycles. The van der Waals surface area contributed by atoms with Crippen LogP contribution in [-0.4, -0.2) is 13.0 Å². The monoisotopic (exact) mass is 463 g/mol. The molecular weight excluding hydrogens is 451 g/mol. The summed E-state index contributed by atoms with van der Waals surface area (Å²) < 4.78 is 109. The van der Waals surface area contributed by atoms with E-state index in [4.69, 9.17) is 13.9 Å². The Balaban J connectivity index is 1.76. The van der Waals surface area contributed by atoms with Crippen LogP contribution in [0.1, 0.15) is 21.9 Å². The van der Waals surface area contributed by atoms with Crippen molar-refractivity contribution in [2.45, 2.75) is 12.8 Å². The zero-order chi connectivity index (χ0) is 23.6.